The minimum Gasteiger partial charge on any atom is -0.385 e. The maximum absolute atomic E-state index is 11.9. The average Bonchev–Trinajstić information content (AvgIpc) is 2.92. The maximum atomic E-state index is 11.9. The highest BCUT2D eigenvalue weighted by Crippen LogP contribution is 2.27. The first-order chi connectivity index (χ1) is 9.62. The fraction of sp³-hybridized carbons (Fsp3) is 0.625. The molecule has 0 spiro atoms. The minimum absolute atomic E-state index is 0.224. The normalized spacial score (nSPS) is 16.4. The predicted octanol–water partition coefficient (Wildman–Crippen LogP) is 3.86. The Bertz CT molecular complexity index is 502. The standard InChI is InChI=1S/C16H25NO2S/c1-2-13-20(18,19)16-9-7-15(8-10-16)17-12-11-14-5-3-4-6-14/h7-10,14,17H,2-6,11-13H2,1H3. The number of anilines is 1. The van der Waals surface area contributed by atoms with E-state index in [0.29, 0.717) is 11.3 Å². The lowest BCUT2D eigenvalue weighted by atomic mass is 10.0. The van der Waals surface area contributed by atoms with Crippen molar-refractivity contribution in [2.45, 2.75) is 50.3 Å². The van der Waals surface area contributed by atoms with Crippen molar-refractivity contribution >= 4 is 15.5 Å². The molecule has 0 heterocycles. The molecule has 1 N–H and O–H groups in total. The first-order valence-electron chi connectivity index (χ1n) is 7.68. The van der Waals surface area contributed by atoms with Gasteiger partial charge in [-0.2, -0.15) is 0 Å². The van der Waals surface area contributed by atoms with Crippen LogP contribution >= 0.6 is 0 Å². The first kappa shape index (κ1) is 15.4. The third-order valence-electron chi connectivity index (χ3n) is 4.04. The fourth-order valence-corrected chi connectivity index (χ4v) is 4.21. The second-order valence-corrected chi connectivity index (χ2v) is 7.82. The molecule has 3 nitrogen and oxygen atoms in total. The Morgan fingerprint density at radius 2 is 1.80 bits per heavy atom. The highest BCUT2D eigenvalue weighted by atomic mass is 32.2. The molecule has 4 heteroatoms. The minimum atomic E-state index is -3.09. The van der Waals surface area contributed by atoms with Crippen LogP contribution in [0, 0.1) is 5.92 Å². The molecule has 0 aromatic heterocycles. The van der Waals surface area contributed by atoms with Crippen molar-refractivity contribution in [1.29, 1.82) is 0 Å². The molecule has 20 heavy (non-hydrogen) atoms. The summed E-state index contributed by atoms with van der Waals surface area (Å²) in [4.78, 5) is 0.431. The summed E-state index contributed by atoms with van der Waals surface area (Å²) in [6.45, 7) is 2.86. The largest absolute Gasteiger partial charge is 0.385 e. The van der Waals surface area contributed by atoms with E-state index in [1.807, 2.05) is 19.1 Å². The third kappa shape index (κ3) is 4.23. The van der Waals surface area contributed by atoms with Crippen molar-refractivity contribution in [3.8, 4) is 0 Å². The third-order valence-corrected chi connectivity index (χ3v) is 5.98. The van der Waals surface area contributed by atoms with Crippen LogP contribution < -0.4 is 5.32 Å². The molecule has 1 aliphatic carbocycles. The molecule has 1 aromatic rings. The Morgan fingerprint density at radius 3 is 2.40 bits per heavy atom. The van der Waals surface area contributed by atoms with E-state index >= 15 is 0 Å². The molecule has 0 amide bonds. The smallest absolute Gasteiger partial charge is 0.178 e. The number of hydrogen-bond donors (Lipinski definition) is 1. The van der Waals surface area contributed by atoms with Crippen LogP contribution in [0.15, 0.2) is 29.2 Å². The predicted molar refractivity (Wildman–Crippen MR) is 83.9 cm³/mol. The topological polar surface area (TPSA) is 46.2 Å². The van der Waals surface area contributed by atoms with Crippen molar-refractivity contribution in [2.24, 2.45) is 5.92 Å². The van der Waals surface area contributed by atoms with E-state index < -0.39 is 9.84 Å². The Morgan fingerprint density at radius 1 is 1.15 bits per heavy atom. The molecule has 0 atom stereocenters. The average molecular weight is 295 g/mol. The van der Waals surface area contributed by atoms with Crippen molar-refractivity contribution in [3.63, 3.8) is 0 Å². The zero-order valence-corrected chi connectivity index (χ0v) is 13.1. The van der Waals surface area contributed by atoms with Crippen molar-refractivity contribution in [1.82, 2.24) is 0 Å². The quantitative estimate of drug-likeness (QED) is 0.830. The SMILES string of the molecule is CCCS(=O)(=O)c1ccc(NCCC2CCCC2)cc1. The van der Waals surface area contributed by atoms with E-state index in [1.165, 1.54) is 32.1 Å². The van der Waals surface area contributed by atoms with Gasteiger partial charge < -0.3 is 5.32 Å². The molecule has 1 aromatic carbocycles. The van der Waals surface area contributed by atoms with E-state index in [4.69, 9.17) is 0 Å². The van der Waals surface area contributed by atoms with Gasteiger partial charge in [0.15, 0.2) is 9.84 Å². The molecule has 0 saturated heterocycles. The number of nitrogens with one attached hydrogen (secondary N) is 1. The number of benzene rings is 1. The second kappa shape index (κ2) is 7.11. The van der Waals surface area contributed by atoms with Crippen LogP contribution in [-0.4, -0.2) is 20.7 Å². The summed E-state index contributed by atoms with van der Waals surface area (Å²) in [6.07, 6.45) is 7.38. The van der Waals surface area contributed by atoms with Gasteiger partial charge in [0.2, 0.25) is 0 Å². The zero-order valence-electron chi connectivity index (χ0n) is 12.3. The van der Waals surface area contributed by atoms with Crippen LogP contribution in [0.3, 0.4) is 0 Å². The highest BCUT2D eigenvalue weighted by molar-refractivity contribution is 7.91. The van der Waals surface area contributed by atoms with Gasteiger partial charge in [-0.05, 0) is 43.0 Å². The van der Waals surface area contributed by atoms with Gasteiger partial charge in [-0.1, -0.05) is 32.6 Å². The second-order valence-electron chi connectivity index (χ2n) is 5.71. The van der Waals surface area contributed by atoms with E-state index in [1.54, 1.807) is 12.1 Å². The summed E-state index contributed by atoms with van der Waals surface area (Å²) >= 11 is 0. The van der Waals surface area contributed by atoms with Crippen LogP contribution in [0.1, 0.15) is 45.4 Å². The molecule has 0 aliphatic heterocycles. The van der Waals surface area contributed by atoms with Crippen molar-refractivity contribution < 1.29 is 8.42 Å². The molecule has 0 unspecified atom stereocenters. The molecule has 0 bridgehead atoms. The summed E-state index contributed by atoms with van der Waals surface area (Å²) in [6, 6.07) is 7.17. The van der Waals surface area contributed by atoms with Gasteiger partial charge in [0.1, 0.15) is 0 Å². The van der Waals surface area contributed by atoms with Crippen LogP contribution in [0.5, 0.6) is 0 Å². The number of hydrogen-bond acceptors (Lipinski definition) is 3. The van der Waals surface area contributed by atoms with Crippen LogP contribution in [0.4, 0.5) is 5.69 Å². The van der Waals surface area contributed by atoms with Gasteiger partial charge in [-0.15, -0.1) is 0 Å². The Balaban J connectivity index is 1.85. The van der Waals surface area contributed by atoms with Gasteiger partial charge >= 0.3 is 0 Å². The number of rotatable bonds is 7. The summed E-state index contributed by atoms with van der Waals surface area (Å²) in [5.41, 5.74) is 1.01. The van der Waals surface area contributed by atoms with E-state index in [2.05, 4.69) is 5.32 Å². The Kier molecular flexibility index (Phi) is 5.46. The fourth-order valence-electron chi connectivity index (χ4n) is 2.89. The molecule has 0 radical (unpaired) electrons. The highest BCUT2D eigenvalue weighted by Gasteiger charge is 2.14. The van der Waals surface area contributed by atoms with Gasteiger partial charge in [-0.3, -0.25) is 0 Å². The molecule has 1 saturated carbocycles. The van der Waals surface area contributed by atoms with E-state index in [9.17, 15) is 8.42 Å². The lowest BCUT2D eigenvalue weighted by molar-refractivity contribution is 0.518. The molecule has 112 valence electrons. The first-order valence-corrected chi connectivity index (χ1v) is 9.34. The Labute approximate surface area is 122 Å². The molecule has 2 rings (SSSR count). The van der Waals surface area contributed by atoms with Crippen LogP contribution in [-0.2, 0) is 9.84 Å². The van der Waals surface area contributed by atoms with Crippen molar-refractivity contribution in [3.05, 3.63) is 24.3 Å². The maximum Gasteiger partial charge on any atom is 0.178 e. The molecular formula is C16H25NO2S. The van der Waals surface area contributed by atoms with Gasteiger partial charge in [0, 0.05) is 12.2 Å². The monoisotopic (exact) mass is 295 g/mol. The lowest BCUT2D eigenvalue weighted by Gasteiger charge is -2.11. The van der Waals surface area contributed by atoms with Crippen LogP contribution in [0.25, 0.3) is 0 Å². The lowest BCUT2D eigenvalue weighted by Crippen LogP contribution is -2.08. The van der Waals surface area contributed by atoms with Crippen molar-refractivity contribution in [2.75, 3.05) is 17.6 Å². The van der Waals surface area contributed by atoms with Gasteiger partial charge in [0.25, 0.3) is 0 Å². The molecular weight excluding hydrogens is 270 g/mol. The zero-order chi connectivity index (χ0) is 14.4. The van der Waals surface area contributed by atoms with Gasteiger partial charge in [-0.25, -0.2) is 8.42 Å². The summed E-state index contributed by atoms with van der Waals surface area (Å²) in [5.74, 6) is 1.10. The number of sulfone groups is 1. The summed E-state index contributed by atoms with van der Waals surface area (Å²) < 4.78 is 23.8. The summed E-state index contributed by atoms with van der Waals surface area (Å²) in [7, 11) is -3.09. The van der Waals surface area contributed by atoms with E-state index in [-0.39, 0.29) is 5.75 Å². The Hall–Kier alpha value is -1.03. The van der Waals surface area contributed by atoms with Crippen LogP contribution in [0.2, 0.25) is 0 Å². The molecule has 1 aliphatic rings. The summed E-state index contributed by atoms with van der Waals surface area (Å²) in [5, 5.41) is 3.39. The van der Waals surface area contributed by atoms with Gasteiger partial charge in [0.05, 0.1) is 10.6 Å². The van der Waals surface area contributed by atoms with E-state index in [0.717, 1.165) is 18.2 Å². The molecule has 1 fully saturated rings.